The van der Waals surface area contributed by atoms with Crippen molar-refractivity contribution in [2.75, 3.05) is 39.3 Å². The SMILES string of the molecule is CCN1CCN(Cc2ccccc2CNC(=O)CCNC(=O)c2ccco2)CC1. The molecule has 1 aromatic heterocycles. The highest BCUT2D eigenvalue weighted by Crippen LogP contribution is 2.13. The predicted molar refractivity (Wildman–Crippen MR) is 111 cm³/mol. The van der Waals surface area contributed by atoms with Gasteiger partial charge in [-0.1, -0.05) is 31.2 Å². The zero-order valence-corrected chi connectivity index (χ0v) is 17.0. The number of benzene rings is 1. The molecule has 7 nitrogen and oxygen atoms in total. The number of amides is 2. The lowest BCUT2D eigenvalue weighted by molar-refractivity contribution is -0.121. The Kier molecular flexibility index (Phi) is 7.84. The van der Waals surface area contributed by atoms with E-state index in [2.05, 4.69) is 39.5 Å². The van der Waals surface area contributed by atoms with Crippen molar-refractivity contribution < 1.29 is 14.0 Å². The van der Waals surface area contributed by atoms with Gasteiger partial charge >= 0.3 is 0 Å². The van der Waals surface area contributed by atoms with Crippen molar-refractivity contribution in [1.29, 1.82) is 0 Å². The average molecular weight is 399 g/mol. The Balaban J connectivity index is 1.42. The minimum atomic E-state index is -0.309. The maximum Gasteiger partial charge on any atom is 0.286 e. The number of hydrogen-bond donors (Lipinski definition) is 2. The molecule has 156 valence electrons. The van der Waals surface area contributed by atoms with Crippen LogP contribution in [-0.2, 0) is 17.9 Å². The zero-order valence-electron chi connectivity index (χ0n) is 17.0. The van der Waals surface area contributed by atoms with Crippen LogP contribution in [0.25, 0.3) is 0 Å². The van der Waals surface area contributed by atoms with Gasteiger partial charge in [-0.15, -0.1) is 0 Å². The van der Waals surface area contributed by atoms with Gasteiger partial charge in [-0.3, -0.25) is 14.5 Å². The summed E-state index contributed by atoms with van der Waals surface area (Å²) in [5.41, 5.74) is 2.39. The van der Waals surface area contributed by atoms with Crippen LogP contribution in [0.1, 0.15) is 35.0 Å². The fraction of sp³-hybridized carbons (Fsp3) is 0.455. The Bertz CT molecular complexity index is 783. The number of nitrogens with zero attached hydrogens (tertiary/aromatic N) is 2. The summed E-state index contributed by atoms with van der Waals surface area (Å²) in [7, 11) is 0. The van der Waals surface area contributed by atoms with E-state index in [0.717, 1.165) is 44.8 Å². The standard InChI is InChI=1S/C22H30N4O3/c1-2-25-11-13-26(14-12-25)17-19-7-4-3-6-18(19)16-24-21(27)9-10-23-22(28)20-8-5-15-29-20/h3-8,15H,2,9-14,16-17H2,1H3,(H,23,28)(H,24,27). The van der Waals surface area contributed by atoms with Crippen molar-refractivity contribution in [3.05, 3.63) is 59.5 Å². The number of carbonyl (C=O) groups excluding carboxylic acids is 2. The van der Waals surface area contributed by atoms with Gasteiger partial charge < -0.3 is 20.0 Å². The number of carbonyl (C=O) groups is 2. The van der Waals surface area contributed by atoms with E-state index in [1.54, 1.807) is 12.1 Å². The summed E-state index contributed by atoms with van der Waals surface area (Å²) in [6.45, 7) is 9.36. The lowest BCUT2D eigenvalue weighted by atomic mass is 10.1. The smallest absolute Gasteiger partial charge is 0.286 e. The zero-order chi connectivity index (χ0) is 20.5. The van der Waals surface area contributed by atoms with Gasteiger partial charge in [-0.2, -0.15) is 0 Å². The molecular formula is C22H30N4O3. The summed E-state index contributed by atoms with van der Waals surface area (Å²) in [6, 6.07) is 11.5. The van der Waals surface area contributed by atoms with Gasteiger partial charge in [0.05, 0.1) is 6.26 Å². The molecule has 2 amide bonds. The molecule has 1 fully saturated rings. The Morgan fingerprint density at radius 1 is 0.966 bits per heavy atom. The summed E-state index contributed by atoms with van der Waals surface area (Å²) in [5.74, 6) is -0.147. The molecule has 0 radical (unpaired) electrons. The molecule has 7 heteroatoms. The van der Waals surface area contributed by atoms with Gasteiger partial charge in [0.2, 0.25) is 5.91 Å². The second kappa shape index (κ2) is 10.8. The Labute approximate surface area is 172 Å². The molecule has 0 atom stereocenters. The molecule has 1 saturated heterocycles. The highest BCUT2D eigenvalue weighted by Gasteiger charge is 2.16. The third kappa shape index (κ3) is 6.44. The highest BCUT2D eigenvalue weighted by atomic mass is 16.3. The van der Waals surface area contributed by atoms with Crippen LogP contribution in [-0.4, -0.2) is 60.9 Å². The number of rotatable bonds is 9. The highest BCUT2D eigenvalue weighted by molar-refractivity contribution is 5.91. The first kappa shape index (κ1) is 21.1. The Hall–Kier alpha value is -2.64. The fourth-order valence-electron chi connectivity index (χ4n) is 3.46. The van der Waals surface area contributed by atoms with Crippen LogP contribution in [0.5, 0.6) is 0 Å². The normalized spacial score (nSPS) is 15.2. The summed E-state index contributed by atoms with van der Waals surface area (Å²) in [5, 5.41) is 5.64. The summed E-state index contributed by atoms with van der Waals surface area (Å²) in [6.07, 6.45) is 1.68. The van der Waals surface area contributed by atoms with Crippen molar-refractivity contribution in [3.63, 3.8) is 0 Å². The summed E-state index contributed by atoms with van der Waals surface area (Å²) in [4.78, 5) is 28.9. The second-order valence-corrected chi connectivity index (χ2v) is 7.24. The maximum absolute atomic E-state index is 12.2. The van der Waals surface area contributed by atoms with Gasteiger partial charge in [0.1, 0.15) is 0 Å². The number of hydrogen-bond acceptors (Lipinski definition) is 5. The monoisotopic (exact) mass is 398 g/mol. The number of likely N-dealkylation sites (N-methyl/N-ethyl adjacent to an activating group) is 1. The molecule has 0 aliphatic carbocycles. The molecule has 2 aromatic rings. The molecule has 1 aliphatic heterocycles. The van der Waals surface area contributed by atoms with Crippen molar-refractivity contribution in [1.82, 2.24) is 20.4 Å². The predicted octanol–water partition coefficient (Wildman–Crippen LogP) is 1.85. The van der Waals surface area contributed by atoms with Crippen molar-refractivity contribution in [2.24, 2.45) is 0 Å². The van der Waals surface area contributed by atoms with E-state index in [4.69, 9.17) is 4.42 Å². The van der Waals surface area contributed by atoms with Crippen LogP contribution >= 0.6 is 0 Å². The molecule has 0 spiro atoms. The minimum Gasteiger partial charge on any atom is -0.459 e. The van der Waals surface area contributed by atoms with Crippen molar-refractivity contribution in [3.8, 4) is 0 Å². The van der Waals surface area contributed by atoms with E-state index in [9.17, 15) is 9.59 Å². The van der Waals surface area contributed by atoms with E-state index in [1.165, 1.54) is 11.8 Å². The molecule has 3 rings (SSSR count). The molecule has 0 unspecified atom stereocenters. The Morgan fingerprint density at radius 2 is 1.69 bits per heavy atom. The van der Waals surface area contributed by atoms with Gasteiger partial charge in [0, 0.05) is 52.2 Å². The number of piperazine rings is 1. The lowest BCUT2D eigenvalue weighted by Gasteiger charge is -2.34. The van der Waals surface area contributed by atoms with E-state index < -0.39 is 0 Å². The quantitative estimate of drug-likeness (QED) is 0.674. The van der Waals surface area contributed by atoms with Gasteiger partial charge in [0.15, 0.2) is 5.76 Å². The van der Waals surface area contributed by atoms with Crippen molar-refractivity contribution in [2.45, 2.75) is 26.4 Å². The molecule has 1 aliphatic rings. The van der Waals surface area contributed by atoms with Gasteiger partial charge in [-0.05, 0) is 29.8 Å². The molecule has 1 aromatic carbocycles. The topological polar surface area (TPSA) is 77.8 Å². The molecule has 0 saturated carbocycles. The Morgan fingerprint density at radius 3 is 2.38 bits per heavy atom. The largest absolute Gasteiger partial charge is 0.459 e. The van der Waals surface area contributed by atoms with Gasteiger partial charge in [0.25, 0.3) is 5.91 Å². The van der Waals surface area contributed by atoms with Crippen LogP contribution in [0.4, 0.5) is 0 Å². The second-order valence-electron chi connectivity index (χ2n) is 7.24. The molecule has 0 bridgehead atoms. The molecular weight excluding hydrogens is 368 g/mol. The maximum atomic E-state index is 12.2. The van der Waals surface area contributed by atoms with Crippen LogP contribution in [0, 0.1) is 0 Å². The van der Waals surface area contributed by atoms with E-state index >= 15 is 0 Å². The first-order valence-electron chi connectivity index (χ1n) is 10.3. The fourth-order valence-corrected chi connectivity index (χ4v) is 3.46. The minimum absolute atomic E-state index is 0.0869. The third-order valence-electron chi connectivity index (χ3n) is 5.28. The van der Waals surface area contributed by atoms with Crippen LogP contribution in [0.3, 0.4) is 0 Å². The lowest BCUT2D eigenvalue weighted by Crippen LogP contribution is -2.45. The first-order valence-corrected chi connectivity index (χ1v) is 10.3. The van der Waals surface area contributed by atoms with E-state index in [1.807, 2.05) is 12.1 Å². The molecule has 2 heterocycles. The summed E-state index contributed by atoms with van der Waals surface area (Å²) < 4.78 is 5.03. The van der Waals surface area contributed by atoms with E-state index in [-0.39, 0.29) is 30.5 Å². The van der Waals surface area contributed by atoms with Crippen molar-refractivity contribution >= 4 is 11.8 Å². The molecule has 2 N–H and O–H groups in total. The first-order chi connectivity index (χ1) is 14.2. The van der Waals surface area contributed by atoms with E-state index in [0.29, 0.717) is 6.54 Å². The molecule has 29 heavy (non-hydrogen) atoms. The number of nitrogens with one attached hydrogen (secondary N) is 2. The average Bonchev–Trinajstić information content (AvgIpc) is 3.29. The van der Waals surface area contributed by atoms with Gasteiger partial charge in [-0.25, -0.2) is 0 Å². The van der Waals surface area contributed by atoms with Crippen LogP contribution < -0.4 is 10.6 Å². The van der Waals surface area contributed by atoms with Crippen LogP contribution in [0.2, 0.25) is 0 Å². The van der Waals surface area contributed by atoms with Crippen LogP contribution in [0.15, 0.2) is 47.1 Å². The summed E-state index contributed by atoms with van der Waals surface area (Å²) >= 11 is 0. The number of furan rings is 1. The third-order valence-corrected chi connectivity index (χ3v) is 5.28.